The van der Waals surface area contributed by atoms with E-state index in [9.17, 15) is 8.42 Å². The van der Waals surface area contributed by atoms with Gasteiger partial charge in [-0.2, -0.15) is 0 Å². The first kappa shape index (κ1) is 19.5. The Kier molecular flexibility index (Phi) is 9.06. The van der Waals surface area contributed by atoms with Gasteiger partial charge in [0.2, 0.25) is 10.0 Å². The topological polar surface area (TPSA) is 46.2 Å². The lowest BCUT2D eigenvalue weighted by molar-refractivity contribution is 0.517. The third kappa shape index (κ3) is 7.12. The van der Waals surface area contributed by atoms with Crippen molar-refractivity contribution < 1.29 is 8.42 Å². The lowest BCUT2D eigenvalue weighted by Gasteiger charge is -2.16. The number of hydrogen-bond acceptors (Lipinski definition) is 2. The molecule has 1 unspecified atom stereocenters. The minimum absolute atomic E-state index is 0.195. The quantitative estimate of drug-likeness (QED) is 0.469. The molecule has 0 bridgehead atoms. The second-order valence-electron chi connectivity index (χ2n) is 5.84. The molecule has 0 aliphatic rings. The molecule has 0 radical (unpaired) electrons. The third-order valence-electron chi connectivity index (χ3n) is 3.75. The van der Waals surface area contributed by atoms with Crippen LogP contribution in [0.1, 0.15) is 57.4 Å². The van der Waals surface area contributed by atoms with E-state index < -0.39 is 10.0 Å². The van der Waals surface area contributed by atoms with E-state index in [-0.39, 0.29) is 6.04 Å². The van der Waals surface area contributed by atoms with E-state index in [4.69, 9.17) is 11.6 Å². The SMILES string of the molecule is CCCCCCCCC(CCl)NS(=O)(=O)c1ccc(C)cc1. The molecule has 1 aromatic carbocycles. The van der Waals surface area contributed by atoms with Gasteiger partial charge in [0.05, 0.1) is 4.90 Å². The van der Waals surface area contributed by atoms with E-state index in [1.165, 1.54) is 25.7 Å². The largest absolute Gasteiger partial charge is 0.240 e. The fourth-order valence-electron chi connectivity index (χ4n) is 2.34. The normalized spacial score (nSPS) is 13.2. The number of unbranched alkanes of at least 4 members (excludes halogenated alkanes) is 5. The minimum Gasteiger partial charge on any atom is -0.207 e. The van der Waals surface area contributed by atoms with Gasteiger partial charge in [-0.3, -0.25) is 0 Å². The molecule has 0 fully saturated rings. The lowest BCUT2D eigenvalue weighted by atomic mass is 10.1. The van der Waals surface area contributed by atoms with Crippen molar-refractivity contribution in [1.82, 2.24) is 4.72 Å². The molecule has 126 valence electrons. The first-order valence-corrected chi connectivity index (χ1v) is 10.2. The van der Waals surface area contributed by atoms with Gasteiger partial charge < -0.3 is 0 Å². The van der Waals surface area contributed by atoms with Crippen LogP contribution in [0.2, 0.25) is 0 Å². The van der Waals surface area contributed by atoms with Crippen LogP contribution < -0.4 is 4.72 Å². The van der Waals surface area contributed by atoms with Crippen molar-refractivity contribution in [2.45, 2.75) is 69.7 Å². The zero-order valence-corrected chi connectivity index (χ0v) is 15.2. The first-order chi connectivity index (χ1) is 10.5. The monoisotopic (exact) mass is 345 g/mol. The van der Waals surface area contributed by atoms with Gasteiger partial charge in [0.15, 0.2) is 0 Å². The van der Waals surface area contributed by atoms with E-state index in [2.05, 4.69) is 11.6 Å². The second kappa shape index (κ2) is 10.2. The predicted octanol–water partition coefficient (Wildman–Crippen LogP) is 4.63. The van der Waals surface area contributed by atoms with Gasteiger partial charge >= 0.3 is 0 Å². The standard InChI is InChI=1S/C17H28ClNO2S/c1-3-4-5-6-7-8-9-16(14-18)19-22(20,21)17-12-10-15(2)11-13-17/h10-13,16,19H,3-9,14H2,1-2H3. The van der Waals surface area contributed by atoms with Crippen molar-refractivity contribution in [3.05, 3.63) is 29.8 Å². The fraction of sp³-hybridized carbons (Fsp3) is 0.647. The summed E-state index contributed by atoms with van der Waals surface area (Å²) >= 11 is 5.92. The van der Waals surface area contributed by atoms with Crippen LogP contribution in [0.4, 0.5) is 0 Å². The Morgan fingerprint density at radius 2 is 1.64 bits per heavy atom. The van der Waals surface area contributed by atoms with Crippen LogP contribution in [0.15, 0.2) is 29.2 Å². The Bertz CT molecular complexity index is 514. The predicted molar refractivity (Wildman–Crippen MR) is 94.0 cm³/mol. The highest BCUT2D eigenvalue weighted by molar-refractivity contribution is 7.89. The Morgan fingerprint density at radius 3 is 2.23 bits per heavy atom. The summed E-state index contributed by atoms with van der Waals surface area (Å²) in [7, 11) is -3.47. The summed E-state index contributed by atoms with van der Waals surface area (Å²) in [5.41, 5.74) is 1.04. The Balaban J connectivity index is 2.45. The highest BCUT2D eigenvalue weighted by Crippen LogP contribution is 2.14. The highest BCUT2D eigenvalue weighted by atomic mass is 35.5. The Morgan fingerprint density at radius 1 is 1.05 bits per heavy atom. The van der Waals surface area contributed by atoms with Gasteiger partial charge in [0.1, 0.15) is 0 Å². The number of rotatable bonds is 11. The molecule has 1 N–H and O–H groups in total. The second-order valence-corrected chi connectivity index (χ2v) is 7.86. The molecule has 0 saturated carbocycles. The Labute approximate surface area is 140 Å². The van der Waals surface area contributed by atoms with Gasteiger partial charge in [-0.15, -0.1) is 11.6 Å². The molecule has 1 rings (SSSR count). The van der Waals surface area contributed by atoms with Crippen LogP contribution in [0.25, 0.3) is 0 Å². The smallest absolute Gasteiger partial charge is 0.207 e. The van der Waals surface area contributed by atoms with Gasteiger partial charge in [-0.25, -0.2) is 13.1 Å². The van der Waals surface area contributed by atoms with Crippen molar-refractivity contribution in [3.8, 4) is 0 Å². The van der Waals surface area contributed by atoms with Gasteiger partial charge in [0.25, 0.3) is 0 Å². The summed E-state index contributed by atoms with van der Waals surface area (Å²) in [4.78, 5) is 0.302. The number of sulfonamides is 1. The van der Waals surface area contributed by atoms with Crippen LogP contribution in [-0.4, -0.2) is 20.3 Å². The molecule has 0 amide bonds. The summed E-state index contributed by atoms with van der Waals surface area (Å²) in [5, 5.41) is 0. The number of alkyl halides is 1. The molecular weight excluding hydrogens is 318 g/mol. The molecule has 3 nitrogen and oxygen atoms in total. The Hall–Kier alpha value is -0.580. The molecular formula is C17H28ClNO2S. The van der Waals surface area contributed by atoms with Gasteiger partial charge in [0, 0.05) is 11.9 Å². The average Bonchev–Trinajstić information content (AvgIpc) is 2.49. The molecule has 0 heterocycles. The van der Waals surface area contributed by atoms with E-state index in [0.29, 0.717) is 10.8 Å². The lowest BCUT2D eigenvalue weighted by Crippen LogP contribution is -2.36. The highest BCUT2D eigenvalue weighted by Gasteiger charge is 2.19. The number of benzene rings is 1. The minimum atomic E-state index is -3.47. The van der Waals surface area contributed by atoms with Crippen LogP contribution in [0, 0.1) is 6.92 Å². The summed E-state index contributed by atoms with van der Waals surface area (Å²) in [5.74, 6) is 0.306. The number of nitrogens with one attached hydrogen (secondary N) is 1. The fourth-order valence-corrected chi connectivity index (χ4v) is 3.94. The number of hydrogen-bond donors (Lipinski definition) is 1. The van der Waals surface area contributed by atoms with E-state index in [0.717, 1.165) is 24.8 Å². The van der Waals surface area contributed by atoms with E-state index >= 15 is 0 Å². The molecule has 0 aliphatic heterocycles. The first-order valence-electron chi connectivity index (χ1n) is 8.14. The van der Waals surface area contributed by atoms with Crippen LogP contribution >= 0.6 is 11.6 Å². The molecule has 0 aromatic heterocycles. The van der Waals surface area contributed by atoms with Gasteiger partial charge in [-0.1, -0.05) is 63.1 Å². The van der Waals surface area contributed by atoms with E-state index in [1.54, 1.807) is 24.3 Å². The molecule has 22 heavy (non-hydrogen) atoms. The number of aryl methyl sites for hydroxylation is 1. The summed E-state index contributed by atoms with van der Waals surface area (Å²) in [6, 6.07) is 6.68. The van der Waals surface area contributed by atoms with Crippen molar-refractivity contribution in [1.29, 1.82) is 0 Å². The molecule has 1 atom stereocenters. The van der Waals surface area contributed by atoms with Crippen molar-refractivity contribution >= 4 is 21.6 Å². The van der Waals surface area contributed by atoms with Crippen LogP contribution in [-0.2, 0) is 10.0 Å². The maximum absolute atomic E-state index is 12.3. The van der Waals surface area contributed by atoms with Crippen molar-refractivity contribution in [2.24, 2.45) is 0 Å². The maximum atomic E-state index is 12.3. The molecule has 1 aromatic rings. The molecule has 0 aliphatic carbocycles. The summed E-state index contributed by atoms with van der Waals surface area (Å²) in [6.45, 7) is 4.13. The molecule has 5 heteroatoms. The van der Waals surface area contributed by atoms with Crippen molar-refractivity contribution in [3.63, 3.8) is 0 Å². The number of halogens is 1. The maximum Gasteiger partial charge on any atom is 0.240 e. The zero-order chi connectivity index (χ0) is 16.4. The van der Waals surface area contributed by atoms with Gasteiger partial charge in [-0.05, 0) is 25.5 Å². The van der Waals surface area contributed by atoms with Crippen LogP contribution in [0.5, 0.6) is 0 Å². The average molecular weight is 346 g/mol. The van der Waals surface area contributed by atoms with Crippen LogP contribution in [0.3, 0.4) is 0 Å². The molecule has 0 spiro atoms. The zero-order valence-electron chi connectivity index (χ0n) is 13.6. The van der Waals surface area contributed by atoms with Crippen molar-refractivity contribution in [2.75, 3.05) is 5.88 Å². The molecule has 0 saturated heterocycles. The third-order valence-corrected chi connectivity index (χ3v) is 5.65. The summed E-state index contributed by atoms with van der Waals surface area (Å²) < 4.78 is 27.4. The van der Waals surface area contributed by atoms with E-state index in [1.807, 2.05) is 6.92 Å². The summed E-state index contributed by atoms with van der Waals surface area (Å²) in [6.07, 6.45) is 7.93.